The fourth-order valence-electron chi connectivity index (χ4n) is 2.11. The summed E-state index contributed by atoms with van der Waals surface area (Å²) in [6, 6.07) is 10.3. The van der Waals surface area contributed by atoms with Gasteiger partial charge in [0.1, 0.15) is 11.9 Å². The second-order valence-electron chi connectivity index (χ2n) is 4.70. The fraction of sp³-hybridized carbons (Fsp3) is 0.125. The van der Waals surface area contributed by atoms with Gasteiger partial charge in [0.05, 0.1) is 5.52 Å². The van der Waals surface area contributed by atoms with E-state index >= 15 is 0 Å². The maximum atomic E-state index is 11.2. The van der Waals surface area contributed by atoms with Crippen molar-refractivity contribution in [3.63, 3.8) is 0 Å². The molecule has 3 aromatic rings. The van der Waals surface area contributed by atoms with Gasteiger partial charge in [0.25, 0.3) is 6.47 Å². The first kappa shape index (κ1) is 17.1. The molecule has 0 saturated heterocycles. The van der Waals surface area contributed by atoms with Gasteiger partial charge >= 0.3 is 0 Å². The van der Waals surface area contributed by atoms with Crippen molar-refractivity contribution in [3.05, 3.63) is 64.8 Å². The molecular formula is C16H16N4O4. The normalized spacial score (nSPS) is 11.2. The predicted octanol–water partition coefficient (Wildman–Crippen LogP) is 1.16. The van der Waals surface area contributed by atoms with E-state index in [0.717, 1.165) is 10.9 Å². The molecule has 0 aromatic carbocycles. The van der Waals surface area contributed by atoms with Crippen LogP contribution in [0.15, 0.2) is 53.6 Å². The number of hydrogen-bond acceptors (Lipinski definition) is 6. The van der Waals surface area contributed by atoms with Crippen molar-refractivity contribution in [3.8, 4) is 0 Å². The molecular weight excluding hydrogens is 312 g/mol. The maximum absolute atomic E-state index is 11.2. The quantitative estimate of drug-likeness (QED) is 0.529. The summed E-state index contributed by atoms with van der Waals surface area (Å²) in [4.78, 5) is 30.7. The van der Waals surface area contributed by atoms with Gasteiger partial charge in [-0.3, -0.25) is 14.6 Å². The summed E-state index contributed by atoms with van der Waals surface area (Å²) < 4.78 is 0. The molecule has 0 aliphatic rings. The lowest BCUT2D eigenvalue weighted by Crippen LogP contribution is -2.17. The summed E-state index contributed by atoms with van der Waals surface area (Å²) >= 11 is 0. The highest BCUT2D eigenvalue weighted by Crippen LogP contribution is 2.19. The van der Waals surface area contributed by atoms with Crippen LogP contribution in [0, 0.1) is 0 Å². The summed E-state index contributed by atoms with van der Waals surface area (Å²) in [5, 5.41) is 21.0. The molecule has 8 nitrogen and oxygen atoms in total. The number of carboxylic acid groups (broad SMARTS) is 1. The highest BCUT2D eigenvalue weighted by atomic mass is 16.3. The number of hydrogen-bond donors (Lipinski definition) is 4. The van der Waals surface area contributed by atoms with Crippen molar-refractivity contribution in [2.45, 2.75) is 6.10 Å². The smallest absolute Gasteiger partial charge is 0.290 e. The fourth-order valence-corrected chi connectivity index (χ4v) is 2.11. The molecule has 0 aliphatic heterocycles. The molecule has 124 valence electrons. The number of aromatic nitrogens is 3. The van der Waals surface area contributed by atoms with Crippen LogP contribution < -0.4 is 10.9 Å². The molecule has 0 fully saturated rings. The van der Waals surface area contributed by atoms with Crippen LogP contribution in [0.3, 0.4) is 0 Å². The number of aromatic amines is 1. The number of anilines is 1. The zero-order valence-corrected chi connectivity index (χ0v) is 12.6. The lowest BCUT2D eigenvalue weighted by Gasteiger charge is -2.13. The Labute approximate surface area is 136 Å². The van der Waals surface area contributed by atoms with Crippen LogP contribution in [0.5, 0.6) is 0 Å². The first-order chi connectivity index (χ1) is 11.7. The minimum Gasteiger partial charge on any atom is -0.483 e. The van der Waals surface area contributed by atoms with Crippen LogP contribution >= 0.6 is 0 Å². The lowest BCUT2D eigenvalue weighted by molar-refractivity contribution is -0.122. The van der Waals surface area contributed by atoms with E-state index in [1.165, 1.54) is 6.07 Å². The Bertz CT molecular complexity index is 860. The van der Waals surface area contributed by atoms with E-state index in [-0.39, 0.29) is 18.6 Å². The van der Waals surface area contributed by atoms with E-state index in [0.29, 0.717) is 11.5 Å². The molecule has 3 rings (SSSR count). The minimum absolute atomic E-state index is 0.237. The van der Waals surface area contributed by atoms with Crippen molar-refractivity contribution in [1.29, 1.82) is 0 Å². The number of rotatable bonds is 4. The number of aliphatic hydroxyl groups is 1. The second-order valence-corrected chi connectivity index (χ2v) is 4.70. The molecule has 0 saturated carbocycles. The molecule has 8 heteroatoms. The summed E-state index contributed by atoms with van der Waals surface area (Å²) in [6.45, 7) is -0.0129. The van der Waals surface area contributed by atoms with Crippen LogP contribution in [0.4, 0.5) is 5.82 Å². The standard InChI is InChI=1S/C15H14N4O2.CH2O2/c20-13(12-4-1-5-14(21)19-12)9-18-15-10-3-2-7-16-11(10)6-8-17-15;2-1-3/h1-8,13,20H,9H2,(H,17,18)(H,19,21);1H,(H,2,3). The molecule has 3 aromatic heterocycles. The van der Waals surface area contributed by atoms with Gasteiger partial charge in [-0.2, -0.15) is 0 Å². The second kappa shape index (κ2) is 8.39. The third-order valence-corrected chi connectivity index (χ3v) is 3.14. The molecule has 4 N–H and O–H groups in total. The van der Waals surface area contributed by atoms with Gasteiger partial charge in [-0.25, -0.2) is 4.98 Å². The largest absolute Gasteiger partial charge is 0.483 e. The topological polar surface area (TPSA) is 128 Å². The summed E-state index contributed by atoms with van der Waals surface area (Å²) in [7, 11) is 0. The Morgan fingerprint density at radius 3 is 2.71 bits per heavy atom. The number of pyridine rings is 3. The van der Waals surface area contributed by atoms with Crippen LogP contribution in [-0.2, 0) is 4.79 Å². The van der Waals surface area contributed by atoms with Crippen molar-refractivity contribution >= 4 is 23.2 Å². The molecule has 0 aliphatic carbocycles. The Morgan fingerprint density at radius 1 is 1.17 bits per heavy atom. The van der Waals surface area contributed by atoms with Crippen LogP contribution in [0.25, 0.3) is 10.9 Å². The van der Waals surface area contributed by atoms with Gasteiger partial charge in [0.2, 0.25) is 5.56 Å². The van der Waals surface area contributed by atoms with Gasteiger partial charge in [-0.1, -0.05) is 6.07 Å². The molecule has 0 amide bonds. The summed E-state index contributed by atoms with van der Waals surface area (Å²) in [5.41, 5.74) is 1.06. The van der Waals surface area contributed by atoms with Gasteiger partial charge in [-0.05, 0) is 24.3 Å². The van der Waals surface area contributed by atoms with Gasteiger partial charge < -0.3 is 20.5 Å². The number of carbonyl (C=O) groups is 1. The number of H-pyrrole nitrogens is 1. The highest BCUT2D eigenvalue weighted by Gasteiger charge is 2.09. The first-order valence-electron chi connectivity index (χ1n) is 7.04. The third-order valence-electron chi connectivity index (χ3n) is 3.14. The summed E-state index contributed by atoms with van der Waals surface area (Å²) in [6.07, 6.45) is 2.55. The van der Waals surface area contributed by atoms with E-state index in [1.807, 2.05) is 18.2 Å². The third kappa shape index (κ3) is 4.37. The van der Waals surface area contributed by atoms with E-state index in [4.69, 9.17) is 9.90 Å². The zero-order chi connectivity index (χ0) is 17.4. The van der Waals surface area contributed by atoms with Gasteiger partial charge in [0.15, 0.2) is 0 Å². The average molecular weight is 328 g/mol. The Hall–Kier alpha value is -3.26. The van der Waals surface area contributed by atoms with Gasteiger partial charge in [0, 0.05) is 36.1 Å². The van der Waals surface area contributed by atoms with Crippen molar-refractivity contribution in [2.75, 3.05) is 11.9 Å². The number of aliphatic hydroxyl groups excluding tert-OH is 1. The van der Waals surface area contributed by atoms with Crippen LogP contribution in [0.1, 0.15) is 11.8 Å². The number of nitrogens with zero attached hydrogens (tertiary/aromatic N) is 2. The van der Waals surface area contributed by atoms with Crippen LogP contribution in [-0.4, -0.2) is 38.2 Å². The Kier molecular flexibility index (Phi) is 5.98. The van der Waals surface area contributed by atoms with E-state index in [1.54, 1.807) is 24.5 Å². The summed E-state index contributed by atoms with van der Waals surface area (Å²) in [5.74, 6) is 0.651. The molecule has 1 atom stereocenters. The van der Waals surface area contributed by atoms with Crippen molar-refractivity contribution in [1.82, 2.24) is 15.0 Å². The van der Waals surface area contributed by atoms with E-state index in [2.05, 4.69) is 20.3 Å². The van der Waals surface area contributed by atoms with Crippen molar-refractivity contribution in [2.24, 2.45) is 0 Å². The predicted molar refractivity (Wildman–Crippen MR) is 88.7 cm³/mol. The number of nitrogens with one attached hydrogen (secondary N) is 2. The minimum atomic E-state index is -0.826. The van der Waals surface area contributed by atoms with Crippen LogP contribution in [0.2, 0.25) is 0 Å². The SMILES string of the molecule is O=CO.O=c1cccc(C(O)CNc2nccc3ncccc23)[nH]1. The molecule has 1 unspecified atom stereocenters. The molecule has 0 bridgehead atoms. The zero-order valence-electron chi connectivity index (χ0n) is 12.6. The maximum Gasteiger partial charge on any atom is 0.290 e. The molecule has 0 radical (unpaired) electrons. The average Bonchev–Trinajstić information content (AvgIpc) is 2.60. The van der Waals surface area contributed by atoms with E-state index < -0.39 is 6.10 Å². The first-order valence-corrected chi connectivity index (χ1v) is 7.04. The monoisotopic (exact) mass is 328 g/mol. The molecule has 3 heterocycles. The highest BCUT2D eigenvalue weighted by molar-refractivity contribution is 5.88. The van der Waals surface area contributed by atoms with E-state index in [9.17, 15) is 9.90 Å². The molecule has 24 heavy (non-hydrogen) atoms. The Balaban J connectivity index is 0.000000647. The van der Waals surface area contributed by atoms with Crippen molar-refractivity contribution < 1.29 is 15.0 Å². The number of fused-ring (bicyclic) bond motifs is 1. The van der Waals surface area contributed by atoms with Gasteiger partial charge in [-0.15, -0.1) is 0 Å². The molecule has 0 spiro atoms. The lowest BCUT2D eigenvalue weighted by atomic mass is 10.2. The Morgan fingerprint density at radius 2 is 1.96 bits per heavy atom.